The van der Waals surface area contributed by atoms with Crippen LogP contribution in [-0.2, 0) is 27.9 Å². The molecule has 0 rings (SSSR count). The molecule has 3 unspecified atom stereocenters. The first-order valence-corrected chi connectivity index (χ1v) is 33.5. The number of nitrogens with zero attached hydrogens (tertiary/aromatic N) is 1. The van der Waals surface area contributed by atoms with Crippen molar-refractivity contribution in [2.24, 2.45) is 0 Å². The molecular weight excluding hydrogens is 952 g/mol. The van der Waals surface area contributed by atoms with Crippen molar-refractivity contribution in [3.63, 3.8) is 0 Å². The Labute approximate surface area is 465 Å². The van der Waals surface area contributed by atoms with Crippen molar-refractivity contribution in [2.45, 2.75) is 315 Å². The molecule has 0 aliphatic rings. The van der Waals surface area contributed by atoms with Gasteiger partial charge in [0.25, 0.3) is 0 Å². The summed E-state index contributed by atoms with van der Waals surface area (Å²) < 4.78 is 30.7. The van der Waals surface area contributed by atoms with Crippen molar-refractivity contribution in [3.8, 4) is 0 Å². The fourth-order valence-corrected chi connectivity index (χ4v) is 10.1. The van der Waals surface area contributed by atoms with Crippen LogP contribution in [0.25, 0.3) is 0 Å². The molecule has 0 saturated carbocycles. The summed E-state index contributed by atoms with van der Waals surface area (Å²) in [7, 11) is 1.50. The molecule has 0 radical (unpaired) electrons. The van der Waals surface area contributed by atoms with Gasteiger partial charge in [-0.15, -0.1) is 0 Å². The molecule has 440 valence electrons. The third-order valence-electron chi connectivity index (χ3n) is 14.3. The van der Waals surface area contributed by atoms with Gasteiger partial charge in [-0.25, -0.2) is 4.57 Å². The van der Waals surface area contributed by atoms with Crippen LogP contribution < -0.4 is 5.32 Å². The molecule has 10 heteroatoms. The Morgan fingerprint density at radius 1 is 0.480 bits per heavy atom. The number of quaternary nitrogens is 1. The number of esters is 1. The Kier molecular flexibility index (Phi) is 53.8. The molecule has 0 fully saturated rings. The van der Waals surface area contributed by atoms with Crippen molar-refractivity contribution in [1.29, 1.82) is 0 Å². The van der Waals surface area contributed by atoms with Crippen LogP contribution in [-0.4, -0.2) is 74.3 Å². The summed E-state index contributed by atoms with van der Waals surface area (Å²) in [6.07, 6.45) is 68.3. The summed E-state index contributed by atoms with van der Waals surface area (Å²) in [4.78, 5) is 37.7. The van der Waals surface area contributed by atoms with Crippen LogP contribution in [0, 0.1) is 0 Å². The topological polar surface area (TPSA) is 111 Å². The van der Waals surface area contributed by atoms with Gasteiger partial charge in [0.05, 0.1) is 33.8 Å². The third-order valence-corrected chi connectivity index (χ3v) is 15.2. The number of carbonyl (C=O) groups is 2. The Bertz CT molecular complexity index is 1420. The van der Waals surface area contributed by atoms with Gasteiger partial charge in [0.2, 0.25) is 5.91 Å². The van der Waals surface area contributed by atoms with E-state index in [9.17, 15) is 19.0 Å². The number of rotatable bonds is 58. The lowest BCUT2D eigenvalue weighted by molar-refractivity contribution is -0.870. The fraction of sp³-hybridized carbons (Fsp3) is 0.846. The molecule has 0 aromatic carbocycles. The molecule has 0 heterocycles. The zero-order valence-electron chi connectivity index (χ0n) is 50.3. The smallest absolute Gasteiger partial charge is 0.456 e. The van der Waals surface area contributed by atoms with Crippen molar-refractivity contribution in [3.05, 3.63) is 48.6 Å². The first-order valence-electron chi connectivity index (χ1n) is 32.0. The zero-order chi connectivity index (χ0) is 55.0. The molecule has 2 N–H and O–H groups in total. The van der Waals surface area contributed by atoms with Crippen LogP contribution in [0.15, 0.2) is 48.6 Å². The first-order chi connectivity index (χ1) is 36.4. The Balaban J connectivity index is 5.13. The average molecular weight is 1080 g/mol. The van der Waals surface area contributed by atoms with Gasteiger partial charge in [0.1, 0.15) is 19.3 Å². The SMILES string of the molecule is CC/C=C/C/C=C/CCCCCCCCCC(=O)OC(/C=C\CCCCCCCCCCCC)C(COP(=O)(O)OCC[N+](C)(C)C)NC(=O)CCCCCCCCCCCCCCC/C=C/CCCCCCCC. The van der Waals surface area contributed by atoms with Gasteiger partial charge < -0.3 is 19.4 Å². The highest BCUT2D eigenvalue weighted by molar-refractivity contribution is 7.47. The van der Waals surface area contributed by atoms with Gasteiger partial charge in [0.15, 0.2) is 0 Å². The molecule has 0 aliphatic carbocycles. The standard InChI is InChI=1S/C65H123N2O7P/c1-7-10-13-16-19-22-25-28-30-31-32-33-34-35-36-37-38-39-42-45-48-51-54-57-64(68)66-62(61-73-75(70,71)72-60-59-67(4,5)6)63(56-53-50-47-44-41-27-24-21-18-15-12-9-3)74-65(69)58-55-52-49-46-43-40-29-26-23-20-17-14-11-8-2/h11,14,20,23,28,30,53,56,62-63H,7-10,12-13,15-19,21-22,24-27,29,31-52,54-55,57-61H2,1-6H3,(H-,66,68,70,71)/p+1/b14-11+,23-20+,30-28+,56-53-. The molecule has 0 aromatic heterocycles. The largest absolute Gasteiger partial charge is 0.472 e. The highest BCUT2D eigenvalue weighted by Crippen LogP contribution is 2.43. The zero-order valence-corrected chi connectivity index (χ0v) is 51.2. The van der Waals surface area contributed by atoms with Crippen molar-refractivity contribution in [2.75, 3.05) is 40.9 Å². The van der Waals surface area contributed by atoms with Gasteiger partial charge in [0, 0.05) is 12.8 Å². The van der Waals surface area contributed by atoms with Crippen molar-refractivity contribution >= 4 is 19.7 Å². The highest BCUT2D eigenvalue weighted by atomic mass is 31.2. The number of phosphoric ester groups is 1. The number of carbonyl (C=O) groups excluding carboxylic acids is 2. The van der Waals surface area contributed by atoms with Crippen LogP contribution in [0.2, 0.25) is 0 Å². The summed E-state index contributed by atoms with van der Waals surface area (Å²) in [5.41, 5.74) is 0. The maximum Gasteiger partial charge on any atom is 0.472 e. The minimum Gasteiger partial charge on any atom is -0.456 e. The molecule has 3 atom stereocenters. The van der Waals surface area contributed by atoms with E-state index in [0.29, 0.717) is 17.4 Å². The van der Waals surface area contributed by atoms with Crippen molar-refractivity contribution < 1.29 is 37.3 Å². The quantitative estimate of drug-likeness (QED) is 0.0205. The summed E-state index contributed by atoms with van der Waals surface area (Å²) >= 11 is 0. The molecule has 0 aliphatic heterocycles. The Morgan fingerprint density at radius 2 is 0.853 bits per heavy atom. The van der Waals surface area contributed by atoms with E-state index in [0.717, 1.165) is 83.5 Å². The van der Waals surface area contributed by atoms with E-state index in [4.69, 9.17) is 13.8 Å². The number of hydrogen-bond acceptors (Lipinski definition) is 6. The molecule has 0 spiro atoms. The molecule has 75 heavy (non-hydrogen) atoms. The lowest BCUT2D eigenvalue weighted by Gasteiger charge is -2.27. The van der Waals surface area contributed by atoms with Gasteiger partial charge in [-0.05, 0) is 83.1 Å². The predicted octanol–water partition coefficient (Wildman–Crippen LogP) is 19.7. The summed E-state index contributed by atoms with van der Waals surface area (Å²) in [5, 5.41) is 3.06. The van der Waals surface area contributed by atoms with E-state index in [-0.39, 0.29) is 31.5 Å². The van der Waals surface area contributed by atoms with E-state index in [1.165, 1.54) is 186 Å². The number of amides is 1. The first kappa shape index (κ1) is 73.0. The summed E-state index contributed by atoms with van der Waals surface area (Å²) in [5.74, 6) is -0.506. The van der Waals surface area contributed by atoms with Gasteiger partial charge in [-0.2, -0.15) is 0 Å². The lowest BCUT2D eigenvalue weighted by atomic mass is 10.0. The van der Waals surface area contributed by atoms with Gasteiger partial charge >= 0.3 is 13.8 Å². The molecule has 0 bridgehead atoms. The summed E-state index contributed by atoms with van der Waals surface area (Å²) in [6, 6.07) is -0.850. The fourth-order valence-electron chi connectivity index (χ4n) is 9.33. The van der Waals surface area contributed by atoms with Crippen LogP contribution in [0.4, 0.5) is 0 Å². The summed E-state index contributed by atoms with van der Waals surface area (Å²) in [6.45, 7) is 6.92. The monoisotopic (exact) mass is 1080 g/mol. The maximum absolute atomic E-state index is 13.6. The molecule has 0 saturated heterocycles. The lowest BCUT2D eigenvalue weighted by Crippen LogP contribution is -2.47. The van der Waals surface area contributed by atoms with Crippen LogP contribution in [0.1, 0.15) is 303 Å². The molecule has 9 nitrogen and oxygen atoms in total. The maximum atomic E-state index is 13.6. The van der Waals surface area contributed by atoms with Crippen LogP contribution in [0.3, 0.4) is 0 Å². The van der Waals surface area contributed by atoms with E-state index >= 15 is 0 Å². The van der Waals surface area contributed by atoms with E-state index in [1.54, 1.807) is 0 Å². The Hall–Kier alpha value is -2.03. The number of hydrogen-bond donors (Lipinski definition) is 2. The molecular formula is C65H124N2O7P+. The number of unbranched alkanes of at least 4 members (excludes halogenated alkanes) is 36. The predicted molar refractivity (Wildman–Crippen MR) is 323 cm³/mol. The number of phosphoric acid groups is 1. The number of likely N-dealkylation sites (N-methyl/N-ethyl adjacent to an activating group) is 1. The molecule has 0 aromatic rings. The second kappa shape index (κ2) is 55.3. The van der Waals surface area contributed by atoms with Gasteiger partial charge in [-0.1, -0.05) is 256 Å². The second-order valence-electron chi connectivity index (χ2n) is 22.9. The Morgan fingerprint density at radius 3 is 1.28 bits per heavy atom. The highest BCUT2D eigenvalue weighted by Gasteiger charge is 2.30. The number of ether oxygens (including phenoxy) is 1. The van der Waals surface area contributed by atoms with E-state index < -0.39 is 20.0 Å². The third kappa shape index (κ3) is 56.5. The second-order valence-corrected chi connectivity index (χ2v) is 24.4. The minimum atomic E-state index is -4.45. The van der Waals surface area contributed by atoms with Crippen LogP contribution >= 0.6 is 7.82 Å². The average Bonchev–Trinajstić information content (AvgIpc) is 3.37. The number of allylic oxidation sites excluding steroid dienone is 7. The normalized spacial score (nSPS) is 14.0. The van der Waals surface area contributed by atoms with E-state index in [1.807, 2.05) is 33.3 Å². The van der Waals surface area contributed by atoms with Gasteiger partial charge in [-0.3, -0.25) is 18.6 Å². The minimum absolute atomic E-state index is 0.0396. The van der Waals surface area contributed by atoms with E-state index in [2.05, 4.69) is 62.5 Å². The number of nitrogens with one attached hydrogen (secondary N) is 1. The molecule has 1 amide bonds. The van der Waals surface area contributed by atoms with Crippen LogP contribution in [0.5, 0.6) is 0 Å². The van der Waals surface area contributed by atoms with Crippen molar-refractivity contribution in [1.82, 2.24) is 5.32 Å².